The maximum absolute atomic E-state index is 11.1. The number of hydrogen-bond acceptors (Lipinski definition) is 7. The number of hydrogen-bond donors (Lipinski definition) is 0. The third-order valence-electron chi connectivity index (χ3n) is 3.45. The van der Waals surface area contributed by atoms with E-state index in [2.05, 4.69) is 10.1 Å². The van der Waals surface area contributed by atoms with Crippen LogP contribution in [0.2, 0.25) is 5.02 Å². The molecule has 3 rings (SSSR count). The van der Waals surface area contributed by atoms with Crippen LogP contribution in [0, 0.1) is 10.1 Å². The van der Waals surface area contributed by atoms with Crippen LogP contribution in [0.15, 0.2) is 40.9 Å². The number of nitro benzene ring substituents is 1. The first-order valence-corrected chi connectivity index (χ1v) is 7.41. The fraction of sp³-hybridized carbons (Fsp3) is 0.125. The summed E-state index contributed by atoms with van der Waals surface area (Å²) in [7, 11) is 2.87. The van der Waals surface area contributed by atoms with Crippen LogP contribution in [-0.2, 0) is 0 Å². The first kappa shape index (κ1) is 16.7. The molecule has 0 saturated heterocycles. The highest BCUT2D eigenvalue weighted by molar-refractivity contribution is 6.30. The smallest absolute Gasteiger partial charge is 0.311 e. The summed E-state index contributed by atoms with van der Waals surface area (Å²) in [5.74, 6) is 1.05. The molecule has 0 aliphatic heterocycles. The lowest BCUT2D eigenvalue weighted by Crippen LogP contribution is -1.94. The fourth-order valence-corrected chi connectivity index (χ4v) is 2.44. The van der Waals surface area contributed by atoms with Crippen LogP contribution in [0.1, 0.15) is 0 Å². The van der Waals surface area contributed by atoms with Crippen molar-refractivity contribution in [2.75, 3.05) is 14.2 Å². The third-order valence-corrected chi connectivity index (χ3v) is 3.69. The molecule has 0 radical (unpaired) electrons. The second-order valence-electron chi connectivity index (χ2n) is 4.91. The van der Waals surface area contributed by atoms with E-state index in [1.165, 1.54) is 26.4 Å². The fourth-order valence-electron chi connectivity index (χ4n) is 2.27. The molecule has 9 heteroatoms. The van der Waals surface area contributed by atoms with Crippen molar-refractivity contribution in [3.63, 3.8) is 0 Å². The van der Waals surface area contributed by atoms with E-state index in [0.717, 1.165) is 0 Å². The van der Waals surface area contributed by atoms with Gasteiger partial charge in [0.25, 0.3) is 5.89 Å². The summed E-state index contributed by atoms with van der Waals surface area (Å²) in [4.78, 5) is 14.9. The summed E-state index contributed by atoms with van der Waals surface area (Å²) >= 11 is 6.01. The molecule has 0 bridgehead atoms. The molecule has 0 N–H and O–H groups in total. The van der Waals surface area contributed by atoms with E-state index in [1.54, 1.807) is 24.3 Å². The highest BCUT2D eigenvalue weighted by Crippen LogP contribution is 2.34. The van der Waals surface area contributed by atoms with Crippen molar-refractivity contribution < 1.29 is 18.9 Å². The van der Waals surface area contributed by atoms with Gasteiger partial charge in [-0.3, -0.25) is 10.1 Å². The molecule has 25 heavy (non-hydrogen) atoms. The largest absolute Gasteiger partial charge is 0.496 e. The second-order valence-corrected chi connectivity index (χ2v) is 5.35. The average molecular weight is 362 g/mol. The van der Waals surface area contributed by atoms with Gasteiger partial charge in [-0.05, 0) is 30.3 Å². The first-order chi connectivity index (χ1) is 12.0. The standard InChI is InChI=1S/C16H12ClN3O5/c1-23-13-6-4-10(17)8-11(13)15-18-16(25-19-15)9-3-5-14(24-2)12(7-9)20(21)22/h3-8H,1-2H3. The minimum atomic E-state index is -0.542. The molecule has 0 fully saturated rings. The van der Waals surface area contributed by atoms with Crippen molar-refractivity contribution >= 4 is 17.3 Å². The Morgan fingerprint density at radius 2 is 1.84 bits per heavy atom. The topological polar surface area (TPSA) is 101 Å². The van der Waals surface area contributed by atoms with Crippen molar-refractivity contribution in [2.45, 2.75) is 0 Å². The number of halogens is 1. The Kier molecular flexibility index (Phi) is 4.53. The van der Waals surface area contributed by atoms with Gasteiger partial charge in [-0.1, -0.05) is 16.8 Å². The van der Waals surface area contributed by atoms with Crippen LogP contribution in [0.3, 0.4) is 0 Å². The number of nitrogens with zero attached hydrogens (tertiary/aromatic N) is 3. The zero-order chi connectivity index (χ0) is 18.0. The molecular formula is C16H12ClN3O5. The van der Waals surface area contributed by atoms with Crippen molar-refractivity contribution in [1.29, 1.82) is 0 Å². The Bertz CT molecular complexity index is 941. The molecule has 0 aliphatic carbocycles. The van der Waals surface area contributed by atoms with Crippen LogP contribution in [0.5, 0.6) is 11.5 Å². The second kappa shape index (κ2) is 6.78. The highest BCUT2D eigenvalue weighted by Gasteiger charge is 2.20. The van der Waals surface area contributed by atoms with Gasteiger partial charge in [0.05, 0.1) is 24.7 Å². The molecule has 0 saturated carbocycles. The minimum Gasteiger partial charge on any atom is -0.496 e. The molecule has 0 atom stereocenters. The molecular weight excluding hydrogens is 350 g/mol. The van der Waals surface area contributed by atoms with Gasteiger partial charge in [0.2, 0.25) is 5.82 Å². The third kappa shape index (κ3) is 3.24. The Hall–Kier alpha value is -3.13. The van der Waals surface area contributed by atoms with E-state index in [9.17, 15) is 10.1 Å². The predicted octanol–water partition coefficient (Wildman–Crippen LogP) is 3.98. The van der Waals surface area contributed by atoms with Gasteiger partial charge in [0, 0.05) is 16.7 Å². The molecule has 128 valence electrons. The highest BCUT2D eigenvalue weighted by atomic mass is 35.5. The lowest BCUT2D eigenvalue weighted by Gasteiger charge is -2.04. The minimum absolute atomic E-state index is 0.128. The van der Waals surface area contributed by atoms with Gasteiger partial charge >= 0.3 is 5.69 Å². The number of methoxy groups -OCH3 is 2. The van der Waals surface area contributed by atoms with E-state index in [0.29, 0.717) is 21.9 Å². The van der Waals surface area contributed by atoms with Crippen LogP contribution in [0.25, 0.3) is 22.8 Å². The summed E-state index contributed by atoms with van der Waals surface area (Å²) in [6.45, 7) is 0. The molecule has 1 aromatic heterocycles. The predicted molar refractivity (Wildman–Crippen MR) is 89.9 cm³/mol. The maximum atomic E-state index is 11.1. The van der Waals surface area contributed by atoms with Crippen molar-refractivity contribution in [2.24, 2.45) is 0 Å². The van der Waals surface area contributed by atoms with E-state index in [1.807, 2.05) is 0 Å². The van der Waals surface area contributed by atoms with Crippen LogP contribution in [-0.4, -0.2) is 29.3 Å². The molecule has 3 aromatic rings. The summed E-state index contributed by atoms with van der Waals surface area (Å²) in [6, 6.07) is 9.39. The average Bonchev–Trinajstić information content (AvgIpc) is 3.11. The van der Waals surface area contributed by atoms with Crippen LogP contribution < -0.4 is 9.47 Å². The van der Waals surface area contributed by atoms with Crippen LogP contribution in [0.4, 0.5) is 5.69 Å². The Morgan fingerprint density at radius 1 is 1.12 bits per heavy atom. The SMILES string of the molecule is COc1ccc(Cl)cc1-c1noc(-c2ccc(OC)c([N+](=O)[O-])c2)n1. The molecule has 0 aliphatic rings. The quantitative estimate of drug-likeness (QED) is 0.500. The molecule has 1 heterocycles. The number of nitro groups is 1. The van der Waals surface area contributed by atoms with E-state index in [-0.39, 0.29) is 23.2 Å². The van der Waals surface area contributed by atoms with E-state index >= 15 is 0 Å². The first-order valence-electron chi connectivity index (χ1n) is 7.04. The summed E-state index contributed by atoms with van der Waals surface area (Å²) in [6.07, 6.45) is 0. The zero-order valence-corrected chi connectivity index (χ0v) is 14.0. The number of benzene rings is 2. The zero-order valence-electron chi connectivity index (χ0n) is 13.2. The van der Waals surface area contributed by atoms with Gasteiger partial charge in [0.15, 0.2) is 5.75 Å². The Labute approximate surface area is 147 Å². The molecule has 0 unspecified atom stereocenters. The number of ether oxygens (including phenoxy) is 2. The monoisotopic (exact) mass is 361 g/mol. The van der Waals surface area contributed by atoms with Crippen LogP contribution >= 0.6 is 11.6 Å². The normalized spacial score (nSPS) is 10.5. The van der Waals surface area contributed by atoms with E-state index < -0.39 is 4.92 Å². The van der Waals surface area contributed by atoms with Gasteiger partial charge in [-0.25, -0.2) is 0 Å². The molecule has 0 spiro atoms. The number of aromatic nitrogens is 2. The van der Waals surface area contributed by atoms with Gasteiger partial charge in [-0.15, -0.1) is 0 Å². The lowest BCUT2D eigenvalue weighted by molar-refractivity contribution is -0.385. The molecule has 2 aromatic carbocycles. The van der Waals surface area contributed by atoms with Crippen molar-refractivity contribution in [3.05, 3.63) is 51.5 Å². The summed E-state index contributed by atoms with van der Waals surface area (Å²) in [5, 5.41) is 15.5. The van der Waals surface area contributed by atoms with Crippen molar-refractivity contribution in [3.8, 4) is 34.3 Å². The van der Waals surface area contributed by atoms with Gasteiger partial charge in [-0.2, -0.15) is 4.98 Å². The molecule has 0 amide bonds. The molecule has 8 nitrogen and oxygen atoms in total. The summed E-state index contributed by atoms with van der Waals surface area (Å²) < 4.78 is 15.5. The van der Waals surface area contributed by atoms with Crippen molar-refractivity contribution in [1.82, 2.24) is 10.1 Å². The maximum Gasteiger partial charge on any atom is 0.311 e. The van der Waals surface area contributed by atoms with Gasteiger partial charge < -0.3 is 14.0 Å². The Morgan fingerprint density at radius 3 is 2.52 bits per heavy atom. The summed E-state index contributed by atoms with van der Waals surface area (Å²) in [5.41, 5.74) is 0.750. The number of rotatable bonds is 5. The Balaban J connectivity index is 2.04. The van der Waals surface area contributed by atoms with E-state index in [4.69, 9.17) is 25.6 Å². The van der Waals surface area contributed by atoms with Gasteiger partial charge in [0.1, 0.15) is 5.75 Å². The lowest BCUT2D eigenvalue weighted by atomic mass is 10.1.